The maximum absolute atomic E-state index is 9.51. The molecular formula is C9H6BrN3O. The van der Waals surface area contributed by atoms with E-state index < -0.39 is 0 Å². The summed E-state index contributed by atoms with van der Waals surface area (Å²) in [6, 6.07) is 3.61. The smallest absolute Gasteiger partial charge is 0.138 e. The van der Waals surface area contributed by atoms with Crippen LogP contribution in [0.25, 0.3) is 5.52 Å². The molecule has 4 nitrogen and oxygen atoms in total. The molecule has 1 N–H and O–H groups in total. The molecule has 5 heteroatoms. The van der Waals surface area contributed by atoms with Crippen molar-refractivity contribution in [3.63, 3.8) is 0 Å². The first-order valence-electron chi connectivity index (χ1n) is 3.91. The van der Waals surface area contributed by atoms with Crippen molar-refractivity contribution < 1.29 is 5.11 Å². The third kappa shape index (κ3) is 1.08. The Morgan fingerprint density at radius 1 is 1.64 bits per heavy atom. The molecule has 2 rings (SSSR count). The maximum Gasteiger partial charge on any atom is 0.138 e. The summed E-state index contributed by atoms with van der Waals surface area (Å²) in [5.41, 5.74) is 1.78. The Hall–Kier alpha value is -1.54. The molecule has 0 bridgehead atoms. The summed E-state index contributed by atoms with van der Waals surface area (Å²) in [4.78, 5) is 0. The second kappa shape index (κ2) is 3.00. The minimum Gasteiger partial charge on any atom is -0.506 e. The van der Waals surface area contributed by atoms with Gasteiger partial charge in [-0.15, -0.1) is 0 Å². The first-order chi connectivity index (χ1) is 6.65. The van der Waals surface area contributed by atoms with Crippen molar-refractivity contribution in [2.45, 2.75) is 6.92 Å². The van der Waals surface area contributed by atoms with E-state index in [-0.39, 0.29) is 5.75 Å². The van der Waals surface area contributed by atoms with Gasteiger partial charge < -0.3 is 5.11 Å². The standard InChI is InChI=1S/C9H6BrN3O/c1-5-8(14)2-7(10)9-6(3-11)4-12-13(5)9/h2,4,14H,1H3. The molecule has 0 unspecified atom stereocenters. The van der Waals surface area contributed by atoms with Gasteiger partial charge in [0.05, 0.1) is 23.0 Å². The van der Waals surface area contributed by atoms with E-state index in [1.807, 2.05) is 6.07 Å². The van der Waals surface area contributed by atoms with Gasteiger partial charge in [0.25, 0.3) is 0 Å². The van der Waals surface area contributed by atoms with E-state index in [4.69, 9.17) is 5.26 Å². The van der Waals surface area contributed by atoms with Crippen LogP contribution in [0.5, 0.6) is 5.75 Å². The van der Waals surface area contributed by atoms with Gasteiger partial charge in [-0.25, -0.2) is 4.52 Å². The maximum atomic E-state index is 9.51. The second-order valence-electron chi connectivity index (χ2n) is 2.89. The van der Waals surface area contributed by atoms with Gasteiger partial charge in [-0.3, -0.25) is 0 Å². The van der Waals surface area contributed by atoms with Crippen LogP contribution < -0.4 is 0 Å². The summed E-state index contributed by atoms with van der Waals surface area (Å²) in [5, 5.41) is 22.3. The van der Waals surface area contributed by atoms with E-state index in [1.165, 1.54) is 10.7 Å². The summed E-state index contributed by atoms with van der Waals surface area (Å²) in [7, 11) is 0. The Labute approximate surface area is 88.5 Å². The Morgan fingerprint density at radius 2 is 2.36 bits per heavy atom. The fraction of sp³-hybridized carbons (Fsp3) is 0.111. The summed E-state index contributed by atoms with van der Waals surface area (Å²) < 4.78 is 2.20. The second-order valence-corrected chi connectivity index (χ2v) is 3.75. The van der Waals surface area contributed by atoms with Crippen molar-refractivity contribution >= 4 is 21.4 Å². The molecule has 2 heterocycles. The minimum atomic E-state index is 0.150. The summed E-state index contributed by atoms with van der Waals surface area (Å²) in [6.07, 6.45) is 1.48. The highest BCUT2D eigenvalue weighted by atomic mass is 79.9. The van der Waals surface area contributed by atoms with E-state index >= 15 is 0 Å². The first-order valence-corrected chi connectivity index (χ1v) is 4.70. The van der Waals surface area contributed by atoms with E-state index in [1.54, 1.807) is 13.0 Å². The molecule has 0 saturated heterocycles. The first kappa shape index (κ1) is 9.03. The lowest BCUT2D eigenvalue weighted by Crippen LogP contribution is -1.94. The lowest BCUT2D eigenvalue weighted by atomic mass is 10.2. The van der Waals surface area contributed by atoms with Crippen LogP contribution in [0, 0.1) is 18.3 Å². The highest BCUT2D eigenvalue weighted by molar-refractivity contribution is 9.10. The molecule has 0 aliphatic carbocycles. The Morgan fingerprint density at radius 3 is 3.00 bits per heavy atom. The molecular weight excluding hydrogens is 246 g/mol. The number of nitrogens with zero attached hydrogens (tertiary/aromatic N) is 3. The predicted octanol–water partition coefficient (Wildman–Crippen LogP) is 1.98. The zero-order valence-electron chi connectivity index (χ0n) is 7.32. The monoisotopic (exact) mass is 251 g/mol. The number of hydrogen-bond acceptors (Lipinski definition) is 3. The molecule has 70 valence electrons. The Balaban J connectivity index is 2.99. The number of aromatic nitrogens is 2. The van der Waals surface area contributed by atoms with E-state index in [0.717, 1.165) is 0 Å². The molecule has 0 saturated carbocycles. The van der Waals surface area contributed by atoms with Crippen molar-refractivity contribution in [2.75, 3.05) is 0 Å². The van der Waals surface area contributed by atoms with Gasteiger partial charge in [-0.2, -0.15) is 10.4 Å². The van der Waals surface area contributed by atoms with Crippen molar-refractivity contribution in [2.24, 2.45) is 0 Å². The number of aryl methyl sites for hydroxylation is 1. The summed E-state index contributed by atoms with van der Waals surface area (Å²) in [6.45, 7) is 1.74. The van der Waals surface area contributed by atoms with Crippen LogP contribution in [0.2, 0.25) is 0 Å². The highest BCUT2D eigenvalue weighted by Crippen LogP contribution is 2.28. The van der Waals surface area contributed by atoms with Crippen LogP contribution in [0.15, 0.2) is 16.7 Å². The number of pyridine rings is 1. The normalized spacial score (nSPS) is 10.4. The third-order valence-electron chi connectivity index (χ3n) is 2.07. The van der Waals surface area contributed by atoms with Crippen LogP contribution in [0.4, 0.5) is 0 Å². The Bertz CT molecular complexity index is 553. The number of hydrogen-bond donors (Lipinski definition) is 1. The van der Waals surface area contributed by atoms with Crippen LogP contribution in [-0.2, 0) is 0 Å². The number of rotatable bonds is 0. The fourth-order valence-corrected chi connectivity index (χ4v) is 1.91. The molecule has 0 spiro atoms. The fourth-order valence-electron chi connectivity index (χ4n) is 1.32. The lowest BCUT2D eigenvalue weighted by Gasteiger charge is -2.03. The van der Waals surface area contributed by atoms with Crippen molar-refractivity contribution in [1.29, 1.82) is 5.26 Å². The highest BCUT2D eigenvalue weighted by Gasteiger charge is 2.11. The van der Waals surface area contributed by atoms with Gasteiger partial charge in [0, 0.05) is 4.47 Å². The van der Waals surface area contributed by atoms with Crippen LogP contribution >= 0.6 is 15.9 Å². The summed E-state index contributed by atoms with van der Waals surface area (Å²) in [5.74, 6) is 0.150. The zero-order chi connectivity index (χ0) is 10.3. The summed E-state index contributed by atoms with van der Waals surface area (Å²) >= 11 is 3.28. The van der Waals surface area contributed by atoms with Gasteiger partial charge in [-0.1, -0.05) is 0 Å². The topological polar surface area (TPSA) is 61.3 Å². The third-order valence-corrected chi connectivity index (χ3v) is 2.67. The molecule has 0 aromatic carbocycles. The SMILES string of the molecule is Cc1c(O)cc(Br)c2c(C#N)cnn12. The van der Waals surface area contributed by atoms with Gasteiger partial charge in [0.15, 0.2) is 0 Å². The average molecular weight is 252 g/mol. The molecule has 14 heavy (non-hydrogen) atoms. The minimum absolute atomic E-state index is 0.150. The van der Waals surface area contributed by atoms with Gasteiger partial charge in [-0.05, 0) is 28.9 Å². The van der Waals surface area contributed by atoms with E-state index in [9.17, 15) is 5.11 Å². The molecule has 2 aromatic heterocycles. The number of nitriles is 1. The van der Waals surface area contributed by atoms with Crippen LogP contribution in [0.3, 0.4) is 0 Å². The molecule has 0 fully saturated rings. The van der Waals surface area contributed by atoms with Crippen molar-refractivity contribution in [1.82, 2.24) is 9.61 Å². The molecule has 0 aliphatic rings. The van der Waals surface area contributed by atoms with Gasteiger partial charge in [0.1, 0.15) is 11.8 Å². The Kier molecular flexibility index (Phi) is 1.93. The number of aromatic hydroxyl groups is 1. The molecule has 0 atom stereocenters. The molecule has 2 aromatic rings. The van der Waals surface area contributed by atoms with Crippen molar-refractivity contribution in [3.8, 4) is 11.8 Å². The zero-order valence-corrected chi connectivity index (χ0v) is 8.91. The van der Waals surface area contributed by atoms with Crippen molar-refractivity contribution in [3.05, 3.63) is 28.0 Å². The number of fused-ring (bicyclic) bond motifs is 1. The van der Waals surface area contributed by atoms with Gasteiger partial charge >= 0.3 is 0 Å². The van der Waals surface area contributed by atoms with E-state index in [0.29, 0.717) is 21.2 Å². The largest absolute Gasteiger partial charge is 0.506 e. The number of halogens is 1. The predicted molar refractivity (Wildman–Crippen MR) is 54.0 cm³/mol. The molecule has 0 radical (unpaired) electrons. The lowest BCUT2D eigenvalue weighted by molar-refractivity contribution is 0.464. The molecule has 0 amide bonds. The van der Waals surface area contributed by atoms with Gasteiger partial charge in [0.2, 0.25) is 0 Å². The van der Waals surface area contributed by atoms with Crippen LogP contribution in [-0.4, -0.2) is 14.7 Å². The quantitative estimate of drug-likeness (QED) is 0.779. The van der Waals surface area contributed by atoms with E-state index in [2.05, 4.69) is 21.0 Å². The van der Waals surface area contributed by atoms with Crippen LogP contribution in [0.1, 0.15) is 11.3 Å². The average Bonchev–Trinajstić information content (AvgIpc) is 2.58. The molecule has 0 aliphatic heterocycles.